The van der Waals surface area contributed by atoms with E-state index >= 15 is 0 Å². The van der Waals surface area contributed by atoms with Gasteiger partial charge in [0.25, 0.3) is 0 Å². The molecule has 4 heterocycles. The van der Waals surface area contributed by atoms with Crippen molar-refractivity contribution in [2.24, 2.45) is 5.41 Å². The smallest absolute Gasteiger partial charge is 0.238 e. The van der Waals surface area contributed by atoms with Crippen molar-refractivity contribution in [1.82, 2.24) is 9.80 Å². The predicted octanol–water partition coefficient (Wildman–Crippen LogP) is 0.498. The van der Waals surface area contributed by atoms with Crippen LogP contribution in [-0.2, 0) is 28.5 Å². The maximum absolute atomic E-state index is 13.2. The number of likely N-dealkylation sites (tertiary alicyclic amines) is 2. The van der Waals surface area contributed by atoms with Crippen molar-refractivity contribution in [3.05, 3.63) is 0 Å². The van der Waals surface area contributed by atoms with Crippen LogP contribution in [0.4, 0.5) is 0 Å². The first-order valence-corrected chi connectivity index (χ1v) is 10.2. The van der Waals surface area contributed by atoms with Gasteiger partial charge in [0.15, 0.2) is 11.6 Å². The number of ether oxygens (including phenoxy) is 4. The van der Waals surface area contributed by atoms with Gasteiger partial charge in [0.2, 0.25) is 11.8 Å². The second kappa shape index (κ2) is 6.40. The van der Waals surface area contributed by atoms with Crippen LogP contribution in [0.5, 0.6) is 0 Å². The van der Waals surface area contributed by atoms with Gasteiger partial charge < -0.3 is 28.7 Å². The minimum atomic E-state index is -0.830. The second-order valence-electron chi connectivity index (χ2n) is 8.38. The number of carbonyl (C=O) groups excluding carboxylic acids is 2. The Bertz CT molecular complexity index is 552. The Kier molecular flexibility index (Phi) is 4.23. The topological polar surface area (TPSA) is 77.5 Å². The normalized spacial score (nSPS) is 30.8. The van der Waals surface area contributed by atoms with Crippen LogP contribution in [0.15, 0.2) is 0 Å². The predicted molar refractivity (Wildman–Crippen MR) is 92.6 cm³/mol. The molecule has 4 aliphatic heterocycles. The molecular formula is C19H28N2O6. The Hall–Kier alpha value is -1.22. The van der Waals surface area contributed by atoms with E-state index in [9.17, 15) is 9.59 Å². The molecule has 0 unspecified atom stereocenters. The molecule has 0 aromatic heterocycles. The maximum atomic E-state index is 13.2. The van der Waals surface area contributed by atoms with Gasteiger partial charge in [-0.3, -0.25) is 9.59 Å². The van der Waals surface area contributed by atoms with E-state index in [2.05, 4.69) is 0 Å². The molecule has 5 aliphatic rings. The van der Waals surface area contributed by atoms with E-state index in [-0.39, 0.29) is 11.8 Å². The summed E-state index contributed by atoms with van der Waals surface area (Å²) < 4.78 is 23.0. The molecule has 27 heavy (non-hydrogen) atoms. The minimum Gasteiger partial charge on any atom is -0.347 e. The molecule has 1 saturated carbocycles. The van der Waals surface area contributed by atoms with Crippen molar-refractivity contribution in [3.63, 3.8) is 0 Å². The van der Waals surface area contributed by atoms with Crippen molar-refractivity contribution >= 4 is 11.8 Å². The van der Waals surface area contributed by atoms with E-state index in [4.69, 9.17) is 18.9 Å². The quantitative estimate of drug-likeness (QED) is 0.649. The molecular weight excluding hydrogens is 352 g/mol. The van der Waals surface area contributed by atoms with Gasteiger partial charge in [-0.15, -0.1) is 0 Å². The van der Waals surface area contributed by atoms with Crippen LogP contribution in [0, 0.1) is 5.41 Å². The molecule has 150 valence electrons. The number of nitrogens with zero attached hydrogens (tertiary/aromatic N) is 2. The summed E-state index contributed by atoms with van der Waals surface area (Å²) in [5.41, 5.74) is -0.830. The van der Waals surface area contributed by atoms with Gasteiger partial charge in [0.05, 0.1) is 26.4 Å². The molecule has 4 saturated heterocycles. The van der Waals surface area contributed by atoms with E-state index in [1.54, 1.807) is 0 Å². The molecule has 8 nitrogen and oxygen atoms in total. The lowest BCUT2D eigenvalue weighted by Crippen LogP contribution is -2.54. The summed E-state index contributed by atoms with van der Waals surface area (Å²) in [4.78, 5) is 30.0. The third-order valence-corrected chi connectivity index (χ3v) is 6.82. The number of piperidine rings is 2. The zero-order valence-corrected chi connectivity index (χ0v) is 15.7. The summed E-state index contributed by atoms with van der Waals surface area (Å²) >= 11 is 0. The summed E-state index contributed by atoms with van der Waals surface area (Å²) in [6.45, 7) is 4.88. The molecule has 0 N–H and O–H groups in total. The zero-order chi connectivity index (χ0) is 18.5. The fraction of sp³-hybridized carbons (Fsp3) is 0.895. The average molecular weight is 380 g/mol. The largest absolute Gasteiger partial charge is 0.347 e. The van der Waals surface area contributed by atoms with E-state index in [0.29, 0.717) is 91.1 Å². The number of carbonyl (C=O) groups is 2. The fourth-order valence-corrected chi connectivity index (χ4v) is 4.92. The minimum absolute atomic E-state index is 0.00556. The highest BCUT2D eigenvalue weighted by Gasteiger charge is 2.60. The lowest BCUT2D eigenvalue weighted by molar-refractivity contribution is -0.192. The van der Waals surface area contributed by atoms with Crippen molar-refractivity contribution < 1.29 is 28.5 Å². The van der Waals surface area contributed by atoms with Crippen molar-refractivity contribution in [1.29, 1.82) is 0 Å². The number of hydrogen-bond donors (Lipinski definition) is 0. The highest BCUT2D eigenvalue weighted by molar-refractivity contribution is 6.07. The van der Waals surface area contributed by atoms with Gasteiger partial charge >= 0.3 is 0 Å². The number of amides is 2. The Morgan fingerprint density at radius 2 is 0.889 bits per heavy atom. The van der Waals surface area contributed by atoms with Gasteiger partial charge in [0, 0.05) is 51.9 Å². The Labute approximate surface area is 159 Å². The zero-order valence-electron chi connectivity index (χ0n) is 15.7. The molecule has 5 fully saturated rings. The van der Waals surface area contributed by atoms with Crippen molar-refractivity contribution in [2.45, 2.75) is 50.1 Å². The van der Waals surface area contributed by atoms with E-state index in [0.717, 1.165) is 0 Å². The summed E-state index contributed by atoms with van der Waals surface area (Å²) in [6.07, 6.45) is 4.06. The van der Waals surface area contributed by atoms with E-state index in [1.807, 2.05) is 9.80 Å². The number of hydrogen-bond acceptors (Lipinski definition) is 6. The summed E-state index contributed by atoms with van der Waals surface area (Å²) in [7, 11) is 0. The van der Waals surface area contributed by atoms with Crippen LogP contribution in [-0.4, -0.2) is 85.8 Å². The standard InChI is InChI=1S/C19H28N2O6/c22-15(20-7-3-18(4-8-20)24-11-12-25-18)17(1-2-17)16(23)21-9-5-19(6-10-21)26-13-14-27-19/h1-14H2. The van der Waals surface area contributed by atoms with E-state index in [1.165, 1.54) is 0 Å². The molecule has 0 radical (unpaired) electrons. The summed E-state index contributed by atoms with van der Waals surface area (Å²) in [5, 5.41) is 0. The van der Waals surface area contributed by atoms with Gasteiger partial charge in [-0.05, 0) is 12.8 Å². The monoisotopic (exact) mass is 380 g/mol. The molecule has 8 heteroatoms. The Balaban J connectivity index is 1.20. The first kappa shape index (κ1) is 17.8. The molecule has 2 spiro atoms. The third kappa shape index (κ3) is 2.97. The average Bonchev–Trinajstić information content (AvgIpc) is 3.20. The SMILES string of the molecule is O=C(N1CCC2(CC1)OCCO2)C1(C(=O)N2CCC3(CC2)OCCO3)CC1. The van der Waals surface area contributed by atoms with Gasteiger partial charge in [-0.25, -0.2) is 0 Å². The lowest BCUT2D eigenvalue weighted by Gasteiger charge is -2.41. The third-order valence-electron chi connectivity index (χ3n) is 6.82. The molecule has 0 bridgehead atoms. The van der Waals surface area contributed by atoms with Crippen LogP contribution < -0.4 is 0 Å². The molecule has 0 atom stereocenters. The lowest BCUT2D eigenvalue weighted by atomic mass is 9.96. The first-order chi connectivity index (χ1) is 13.1. The molecule has 2 amide bonds. The fourth-order valence-electron chi connectivity index (χ4n) is 4.92. The molecule has 0 aromatic carbocycles. The molecule has 5 rings (SSSR count). The second-order valence-corrected chi connectivity index (χ2v) is 8.38. The van der Waals surface area contributed by atoms with Crippen molar-refractivity contribution in [3.8, 4) is 0 Å². The highest BCUT2D eigenvalue weighted by Crippen LogP contribution is 2.50. The van der Waals surface area contributed by atoms with Crippen LogP contribution in [0.2, 0.25) is 0 Å². The van der Waals surface area contributed by atoms with Crippen LogP contribution >= 0.6 is 0 Å². The van der Waals surface area contributed by atoms with Gasteiger partial charge in [0.1, 0.15) is 5.41 Å². The maximum Gasteiger partial charge on any atom is 0.238 e. The highest BCUT2D eigenvalue weighted by atomic mass is 16.7. The Morgan fingerprint density at radius 3 is 1.19 bits per heavy atom. The van der Waals surface area contributed by atoms with Gasteiger partial charge in [-0.2, -0.15) is 0 Å². The van der Waals surface area contributed by atoms with E-state index < -0.39 is 17.0 Å². The summed E-state index contributed by atoms with van der Waals surface area (Å²) in [6, 6.07) is 0. The Morgan fingerprint density at radius 1 is 0.556 bits per heavy atom. The first-order valence-electron chi connectivity index (χ1n) is 10.2. The van der Waals surface area contributed by atoms with Crippen LogP contribution in [0.1, 0.15) is 38.5 Å². The molecule has 0 aromatic rings. The molecule has 1 aliphatic carbocycles. The van der Waals surface area contributed by atoms with Gasteiger partial charge in [-0.1, -0.05) is 0 Å². The van der Waals surface area contributed by atoms with Crippen LogP contribution in [0.3, 0.4) is 0 Å². The van der Waals surface area contributed by atoms with Crippen molar-refractivity contribution in [2.75, 3.05) is 52.6 Å². The van der Waals surface area contributed by atoms with Crippen LogP contribution in [0.25, 0.3) is 0 Å². The summed E-state index contributed by atoms with van der Waals surface area (Å²) in [5.74, 6) is -1.01. The number of rotatable bonds is 2.